The largest absolute Gasteiger partial charge is 0.508 e. The van der Waals surface area contributed by atoms with Crippen LogP contribution in [0.2, 0.25) is 5.02 Å². The summed E-state index contributed by atoms with van der Waals surface area (Å²) in [6.07, 6.45) is -1.52. The summed E-state index contributed by atoms with van der Waals surface area (Å²) in [6.45, 7) is 1.60. The summed E-state index contributed by atoms with van der Waals surface area (Å²) in [5.74, 6) is -1.02. The van der Waals surface area contributed by atoms with Gasteiger partial charge in [0, 0.05) is 10.6 Å². The summed E-state index contributed by atoms with van der Waals surface area (Å²) in [5, 5.41) is 19.5. The van der Waals surface area contributed by atoms with Gasteiger partial charge in [0.1, 0.15) is 5.75 Å². The molecular formula is C10H11ClO4. The van der Waals surface area contributed by atoms with E-state index in [2.05, 4.69) is 4.74 Å². The number of carbonyl (C=O) groups excluding carboxylic acids is 1. The van der Waals surface area contributed by atoms with Crippen molar-refractivity contribution in [2.24, 2.45) is 0 Å². The minimum atomic E-state index is -1.52. The maximum atomic E-state index is 11.1. The average molecular weight is 231 g/mol. The predicted molar refractivity (Wildman–Crippen MR) is 54.8 cm³/mol. The number of phenols is 1. The molecular weight excluding hydrogens is 220 g/mol. The quantitative estimate of drug-likeness (QED) is 0.757. The molecule has 0 aromatic heterocycles. The number of halogens is 1. The van der Waals surface area contributed by atoms with Crippen LogP contribution < -0.4 is 0 Å². The van der Waals surface area contributed by atoms with Crippen molar-refractivity contribution in [2.75, 3.05) is 7.11 Å². The van der Waals surface area contributed by atoms with Crippen LogP contribution in [0.1, 0.15) is 17.2 Å². The number of phenolic OH excluding ortho intramolecular Hbond substituents is 1. The molecule has 0 bridgehead atoms. The number of benzene rings is 1. The van der Waals surface area contributed by atoms with Gasteiger partial charge in [-0.25, -0.2) is 4.79 Å². The van der Waals surface area contributed by atoms with E-state index < -0.39 is 12.1 Å². The van der Waals surface area contributed by atoms with Crippen LogP contribution >= 0.6 is 11.6 Å². The first kappa shape index (κ1) is 11.8. The molecule has 0 spiro atoms. The van der Waals surface area contributed by atoms with E-state index in [0.717, 1.165) is 7.11 Å². The summed E-state index contributed by atoms with van der Waals surface area (Å²) in [5.41, 5.74) is 0.531. The van der Waals surface area contributed by atoms with Crippen LogP contribution in [-0.2, 0) is 9.53 Å². The van der Waals surface area contributed by atoms with Crippen molar-refractivity contribution < 1.29 is 19.7 Å². The highest BCUT2D eigenvalue weighted by atomic mass is 35.5. The molecule has 0 amide bonds. The first-order valence-electron chi connectivity index (χ1n) is 4.23. The summed E-state index contributed by atoms with van der Waals surface area (Å²) in [7, 11) is 1.16. The standard InChI is InChI=1S/C10H11ClO4/c1-5-6(11)3-4-7(12)8(5)9(13)10(14)15-2/h3-4,9,12-13H,1-2H3. The Bertz CT molecular complexity index is 389. The molecule has 5 heteroatoms. The van der Waals surface area contributed by atoms with Crippen molar-refractivity contribution >= 4 is 17.6 Å². The highest BCUT2D eigenvalue weighted by Crippen LogP contribution is 2.32. The smallest absolute Gasteiger partial charge is 0.339 e. The molecule has 2 N–H and O–H groups in total. The first-order chi connectivity index (χ1) is 6.99. The second-order valence-corrected chi connectivity index (χ2v) is 3.44. The Morgan fingerprint density at radius 1 is 1.53 bits per heavy atom. The number of aliphatic hydroxyl groups is 1. The van der Waals surface area contributed by atoms with Crippen LogP contribution in [0.3, 0.4) is 0 Å². The van der Waals surface area contributed by atoms with Crippen LogP contribution in [0.4, 0.5) is 0 Å². The minimum Gasteiger partial charge on any atom is -0.508 e. The third-order valence-corrected chi connectivity index (χ3v) is 2.53. The highest BCUT2D eigenvalue weighted by Gasteiger charge is 2.24. The first-order valence-corrected chi connectivity index (χ1v) is 4.60. The number of rotatable bonds is 2. The molecule has 15 heavy (non-hydrogen) atoms. The molecule has 0 aliphatic rings. The van der Waals surface area contributed by atoms with Crippen molar-refractivity contribution in [3.8, 4) is 5.75 Å². The van der Waals surface area contributed by atoms with Crippen LogP contribution in [0.25, 0.3) is 0 Å². The lowest BCUT2D eigenvalue weighted by molar-refractivity contribution is -0.150. The normalized spacial score (nSPS) is 12.3. The fraction of sp³-hybridized carbons (Fsp3) is 0.300. The van der Waals surface area contributed by atoms with E-state index in [0.29, 0.717) is 10.6 Å². The third kappa shape index (κ3) is 2.22. The minimum absolute atomic E-state index is 0.0781. The Morgan fingerprint density at radius 2 is 2.13 bits per heavy atom. The summed E-state index contributed by atoms with van der Waals surface area (Å²) >= 11 is 5.80. The van der Waals surface area contributed by atoms with Gasteiger partial charge in [-0.05, 0) is 24.6 Å². The fourth-order valence-electron chi connectivity index (χ4n) is 1.26. The third-order valence-electron chi connectivity index (χ3n) is 2.12. The maximum Gasteiger partial charge on any atom is 0.339 e. The Hall–Kier alpha value is -1.26. The van der Waals surface area contributed by atoms with Gasteiger partial charge in [-0.1, -0.05) is 11.6 Å². The average Bonchev–Trinajstić information content (AvgIpc) is 2.22. The molecule has 0 saturated carbocycles. The highest BCUT2D eigenvalue weighted by molar-refractivity contribution is 6.31. The lowest BCUT2D eigenvalue weighted by Gasteiger charge is -2.14. The van der Waals surface area contributed by atoms with Crippen LogP contribution in [-0.4, -0.2) is 23.3 Å². The van der Waals surface area contributed by atoms with Gasteiger partial charge >= 0.3 is 5.97 Å². The number of methoxy groups -OCH3 is 1. The molecule has 0 aliphatic heterocycles. The Morgan fingerprint density at radius 3 is 2.67 bits per heavy atom. The lowest BCUT2D eigenvalue weighted by Crippen LogP contribution is -2.14. The van der Waals surface area contributed by atoms with E-state index in [-0.39, 0.29) is 11.3 Å². The molecule has 1 aromatic rings. The maximum absolute atomic E-state index is 11.1. The van der Waals surface area contributed by atoms with Crippen molar-refractivity contribution in [3.05, 3.63) is 28.3 Å². The van der Waals surface area contributed by atoms with E-state index in [1.807, 2.05) is 0 Å². The van der Waals surface area contributed by atoms with Gasteiger partial charge in [0.05, 0.1) is 7.11 Å². The van der Waals surface area contributed by atoms with E-state index in [9.17, 15) is 15.0 Å². The summed E-state index contributed by atoms with van der Waals surface area (Å²) in [4.78, 5) is 11.1. The molecule has 0 heterocycles. The molecule has 1 rings (SSSR count). The van der Waals surface area contributed by atoms with E-state index in [4.69, 9.17) is 11.6 Å². The molecule has 1 atom stereocenters. The van der Waals surface area contributed by atoms with E-state index in [1.54, 1.807) is 6.92 Å². The second kappa shape index (κ2) is 4.51. The van der Waals surface area contributed by atoms with Crippen molar-refractivity contribution in [1.82, 2.24) is 0 Å². The fourth-order valence-corrected chi connectivity index (χ4v) is 1.43. The van der Waals surface area contributed by atoms with Gasteiger partial charge < -0.3 is 14.9 Å². The molecule has 0 aliphatic carbocycles. The summed E-state index contributed by atoms with van der Waals surface area (Å²) < 4.78 is 4.37. The van der Waals surface area contributed by atoms with Crippen LogP contribution in [0.5, 0.6) is 5.75 Å². The zero-order valence-corrected chi connectivity index (χ0v) is 9.08. The molecule has 0 fully saturated rings. The monoisotopic (exact) mass is 230 g/mol. The van der Waals surface area contributed by atoms with Gasteiger partial charge in [0.25, 0.3) is 0 Å². The number of ether oxygens (including phenoxy) is 1. The van der Waals surface area contributed by atoms with Crippen molar-refractivity contribution in [3.63, 3.8) is 0 Å². The zero-order valence-electron chi connectivity index (χ0n) is 8.32. The van der Waals surface area contributed by atoms with Gasteiger partial charge in [-0.15, -0.1) is 0 Å². The molecule has 4 nitrogen and oxygen atoms in total. The van der Waals surface area contributed by atoms with Crippen LogP contribution in [0, 0.1) is 6.92 Å². The number of hydrogen-bond donors (Lipinski definition) is 2. The molecule has 82 valence electrons. The number of esters is 1. The van der Waals surface area contributed by atoms with Gasteiger partial charge in [-0.3, -0.25) is 0 Å². The molecule has 0 saturated heterocycles. The Balaban J connectivity index is 3.24. The Labute approximate surface area is 92.1 Å². The number of carbonyl (C=O) groups is 1. The molecule has 1 unspecified atom stereocenters. The predicted octanol–water partition coefficient (Wildman–Crippen LogP) is 1.56. The van der Waals surface area contributed by atoms with Gasteiger partial charge in [-0.2, -0.15) is 0 Å². The van der Waals surface area contributed by atoms with E-state index in [1.165, 1.54) is 12.1 Å². The van der Waals surface area contributed by atoms with E-state index >= 15 is 0 Å². The van der Waals surface area contributed by atoms with Crippen molar-refractivity contribution in [2.45, 2.75) is 13.0 Å². The topological polar surface area (TPSA) is 66.8 Å². The lowest BCUT2D eigenvalue weighted by atomic mass is 10.0. The second-order valence-electron chi connectivity index (χ2n) is 3.03. The molecule has 1 aromatic carbocycles. The zero-order chi connectivity index (χ0) is 11.6. The SMILES string of the molecule is COC(=O)C(O)c1c(O)ccc(Cl)c1C. The van der Waals surface area contributed by atoms with Gasteiger partial charge in [0.15, 0.2) is 6.10 Å². The number of aromatic hydroxyl groups is 1. The summed E-state index contributed by atoms with van der Waals surface area (Å²) in [6, 6.07) is 2.80. The van der Waals surface area contributed by atoms with Crippen molar-refractivity contribution in [1.29, 1.82) is 0 Å². The van der Waals surface area contributed by atoms with Gasteiger partial charge in [0.2, 0.25) is 0 Å². The number of hydrogen-bond acceptors (Lipinski definition) is 4. The van der Waals surface area contributed by atoms with Crippen LogP contribution in [0.15, 0.2) is 12.1 Å². The number of aliphatic hydroxyl groups excluding tert-OH is 1. The molecule has 0 radical (unpaired) electrons. The Kier molecular flexibility index (Phi) is 3.55.